The number of aryl methyl sites for hydroxylation is 1. The maximum atomic E-state index is 13.1. The smallest absolute Gasteiger partial charge is 0.123 e. The lowest BCUT2D eigenvalue weighted by Gasteiger charge is -2.18. The highest BCUT2D eigenvalue weighted by atomic mass is 19.1. The van der Waals surface area contributed by atoms with E-state index in [0.717, 1.165) is 11.3 Å². The summed E-state index contributed by atoms with van der Waals surface area (Å²) >= 11 is 0. The van der Waals surface area contributed by atoms with Crippen LogP contribution < -0.4 is 5.32 Å². The Balaban J connectivity index is 2.13. The molecule has 2 rings (SSSR count). The fourth-order valence-corrected chi connectivity index (χ4v) is 2.28. The van der Waals surface area contributed by atoms with E-state index >= 15 is 0 Å². The van der Waals surface area contributed by atoms with Crippen molar-refractivity contribution >= 4 is 5.69 Å². The van der Waals surface area contributed by atoms with Crippen LogP contribution >= 0.6 is 0 Å². The molecule has 0 bridgehead atoms. The van der Waals surface area contributed by atoms with Crippen molar-refractivity contribution < 1.29 is 4.39 Å². The van der Waals surface area contributed by atoms with E-state index < -0.39 is 0 Å². The van der Waals surface area contributed by atoms with Gasteiger partial charge in [-0.2, -0.15) is 0 Å². The lowest BCUT2D eigenvalue weighted by molar-refractivity contribution is 0.626. The summed E-state index contributed by atoms with van der Waals surface area (Å²) in [7, 11) is 0. The zero-order valence-electron chi connectivity index (χ0n) is 12.6. The minimum absolute atomic E-state index is 0.193. The van der Waals surface area contributed by atoms with E-state index in [9.17, 15) is 4.39 Å². The highest BCUT2D eigenvalue weighted by molar-refractivity contribution is 5.52. The fourth-order valence-electron chi connectivity index (χ4n) is 2.28. The van der Waals surface area contributed by atoms with E-state index in [2.05, 4.69) is 50.4 Å². The van der Waals surface area contributed by atoms with Crippen molar-refractivity contribution in [3.05, 3.63) is 65.0 Å². The molecule has 2 aromatic carbocycles. The second-order valence-electron chi connectivity index (χ2n) is 5.65. The van der Waals surface area contributed by atoms with Gasteiger partial charge in [-0.05, 0) is 54.7 Å². The van der Waals surface area contributed by atoms with Gasteiger partial charge in [0.2, 0.25) is 0 Å². The van der Waals surface area contributed by atoms with Crippen LogP contribution in [-0.2, 0) is 0 Å². The van der Waals surface area contributed by atoms with Gasteiger partial charge in [0, 0.05) is 11.7 Å². The predicted molar refractivity (Wildman–Crippen MR) is 83.7 cm³/mol. The molecule has 1 N–H and O–H groups in total. The lowest BCUT2D eigenvalue weighted by atomic mass is 9.99. The van der Waals surface area contributed by atoms with Gasteiger partial charge >= 0.3 is 0 Å². The Bertz CT molecular complexity index is 572. The van der Waals surface area contributed by atoms with Crippen LogP contribution in [0.4, 0.5) is 10.1 Å². The molecule has 0 saturated heterocycles. The molecule has 0 aliphatic rings. The Morgan fingerprint density at radius 3 is 2.05 bits per heavy atom. The molecule has 0 amide bonds. The largest absolute Gasteiger partial charge is 0.378 e. The van der Waals surface area contributed by atoms with Crippen molar-refractivity contribution in [3.8, 4) is 0 Å². The molecular formula is C18H22FN. The summed E-state index contributed by atoms with van der Waals surface area (Å²) in [5.41, 5.74) is 4.49. The predicted octanol–water partition coefficient (Wildman–Crippen LogP) is 5.43. The van der Waals surface area contributed by atoms with Gasteiger partial charge in [0.05, 0.1) is 0 Å². The molecule has 0 spiro atoms. The van der Waals surface area contributed by atoms with Crippen molar-refractivity contribution in [3.63, 3.8) is 0 Å². The van der Waals surface area contributed by atoms with E-state index in [1.165, 1.54) is 17.2 Å². The first-order valence-electron chi connectivity index (χ1n) is 7.10. The maximum Gasteiger partial charge on any atom is 0.123 e. The molecule has 2 aromatic rings. The second-order valence-corrected chi connectivity index (χ2v) is 5.65. The Labute approximate surface area is 120 Å². The van der Waals surface area contributed by atoms with Crippen molar-refractivity contribution in [2.24, 2.45) is 0 Å². The molecule has 2 heteroatoms. The Morgan fingerprint density at radius 1 is 0.900 bits per heavy atom. The van der Waals surface area contributed by atoms with Crippen LogP contribution in [0.2, 0.25) is 0 Å². The number of anilines is 1. The first kappa shape index (κ1) is 14.6. The lowest BCUT2D eigenvalue weighted by Crippen LogP contribution is -2.08. The van der Waals surface area contributed by atoms with Gasteiger partial charge < -0.3 is 5.32 Å². The van der Waals surface area contributed by atoms with Gasteiger partial charge in [-0.1, -0.05) is 38.1 Å². The normalized spacial score (nSPS) is 12.5. The highest BCUT2D eigenvalue weighted by Gasteiger charge is 2.08. The summed E-state index contributed by atoms with van der Waals surface area (Å²) in [6, 6.07) is 13.7. The zero-order valence-corrected chi connectivity index (χ0v) is 12.6. The van der Waals surface area contributed by atoms with E-state index in [0.29, 0.717) is 5.92 Å². The average Bonchev–Trinajstić information content (AvgIpc) is 2.42. The van der Waals surface area contributed by atoms with E-state index in [4.69, 9.17) is 0 Å². The molecule has 1 nitrogen and oxygen atoms in total. The summed E-state index contributed by atoms with van der Waals surface area (Å²) in [4.78, 5) is 0. The summed E-state index contributed by atoms with van der Waals surface area (Å²) in [5.74, 6) is 0.355. The van der Waals surface area contributed by atoms with Gasteiger partial charge in [-0.15, -0.1) is 0 Å². The fraction of sp³-hybridized carbons (Fsp3) is 0.333. The van der Waals surface area contributed by atoms with Gasteiger partial charge in [-0.3, -0.25) is 0 Å². The van der Waals surface area contributed by atoms with Crippen LogP contribution in [-0.4, -0.2) is 0 Å². The SMILES string of the molecule is Cc1cc(F)ccc1NC(C)c1ccc(C(C)C)cc1. The molecule has 0 aliphatic heterocycles. The summed E-state index contributed by atoms with van der Waals surface area (Å²) < 4.78 is 13.1. The van der Waals surface area contributed by atoms with Crippen LogP contribution in [0.3, 0.4) is 0 Å². The molecule has 20 heavy (non-hydrogen) atoms. The number of hydrogen-bond donors (Lipinski definition) is 1. The number of rotatable bonds is 4. The molecule has 0 aromatic heterocycles. The topological polar surface area (TPSA) is 12.0 Å². The van der Waals surface area contributed by atoms with Gasteiger partial charge in [0.25, 0.3) is 0 Å². The van der Waals surface area contributed by atoms with Crippen LogP contribution in [0.1, 0.15) is 49.4 Å². The minimum Gasteiger partial charge on any atom is -0.378 e. The van der Waals surface area contributed by atoms with E-state index in [1.807, 2.05) is 6.92 Å². The van der Waals surface area contributed by atoms with E-state index in [-0.39, 0.29) is 11.9 Å². The van der Waals surface area contributed by atoms with Crippen LogP contribution in [0.15, 0.2) is 42.5 Å². The van der Waals surface area contributed by atoms with E-state index in [1.54, 1.807) is 12.1 Å². The summed E-state index contributed by atoms with van der Waals surface area (Å²) in [6.07, 6.45) is 0. The maximum absolute atomic E-state index is 13.1. The summed E-state index contributed by atoms with van der Waals surface area (Å²) in [6.45, 7) is 8.42. The molecule has 106 valence electrons. The van der Waals surface area contributed by atoms with Crippen molar-refractivity contribution in [1.82, 2.24) is 0 Å². The third-order valence-corrected chi connectivity index (χ3v) is 3.66. The number of hydrogen-bond acceptors (Lipinski definition) is 1. The Kier molecular flexibility index (Phi) is 4.43. The molecule has 0 heterocycles. The quantitative estimate of drug-likeness (QED) is 0.781. The first-order chi connectivity index (χ1) is 9.47. The highest BCUT2D eigenvalue weighted by Crippen LogP contribution is 2.24. The zero-order chi connectivity index (χ0) is 14.7. The number of benzene rings is 2. The molecule has 0 radical (unpaired) electrons. The minimum atomic E-state index is -0.193. The molecule has 1 atom stereocenters. The Morgan fingerprint density at radius 2 is 1.50 bits per heavy atom. The first-order valence-corrected chi connectivity index (χ1v) is 7.10. The van der Waals surface area contributed by atoms with Crippen LogP contribution in [0.25, 0.3) is 0 Å². The second kappa shape index (κ2) is 6.08. The molecular weight excluding hydrogens is 249 g/mol. The average molecular weight is 271 g/mol. The third kappa shape index (κ3) is 3.38. The van der Waals surface area contributed by atoms with Gasteiger partial charge in [-0.25, -0.2) is 4.39 Å². The summed E-state index contributed by atoms with van der Waals surface area (Å²) in [5, 5.41) is 3.44. The van der Waals surface area contributed by atoms with Crippen molar-refractivity contribution in [2.45, 2.75) is 39.7 Å². The number of halogens is 1. The van der Waals surface area contributed by atoms with Crippen molar-refractivity contribution in [2.75, 3.05) is 5.32 Å². The monoisotopic (exact) mass is 271 g/mol. The van der Waals surface area contributed by atoms with Crippen molar-refractivity contribution in [1.29, 1.82) is 0 Å². The van der Waals surface area contributed by atoms with Gasteiger partial charge in [0.1, 0.15) is 5.82 Å². The Hall–Kier alpha value is -1.83. The molecule has 0 aliphatic carbocycles. The number of nitrogens with one attached hydrogen (secondary N) is 1. The molecule has 0 fully saturated rings. The van der Waals surface area contributed by atoms with Crippen LogP contribution in [0, 0.1) is 12.7 Å². The molecule has 1 unspecified atom stereocenters. The van der Waals surface area contributed by atoms with Crippen LogP contribution in [0.5, 0.6) is 0 Å². The standard InChI is InChI=1S/C18H22FN/c1-12(2)15-5-7-16(8-6-15)14(4)20-18-10-9-17(19)11-13(18)3/h5-12,14,20H,1-4H3. The van der Waals surface area contributed by atoms with Gasteiger partial charge in [0.15, 0.2) is 0 Å². The molecule has 0 saturated carbocycles. The third-order valence-electron chi connectivity index (χ3n) is 3.66.